The van der Waals surface area contributed by atoms with E-state index in [1.807, 2.05) is 0 Å². The van der Waals surface area contributed by atoms with Gasteiger partial charge in [-0.15, -0.1) is 0 Å². The summed E-state index contributed by atoms with van der Waals surface area (Å²) in [4.78, 5) is 14.5. The molecule has 92 valence electrons. The second kappa shape index (κ2) is 4.36. The molecule has 0 spiro atoms. The van der Waals surface area contributed by atoms with Gasteiger partial charge in [0.1, 0.15) is 0 Å². The minimum absolute atomic E-state index is 0.0681. The van der Waals surface area contributed by atoms with Gasteiger partial charge in [0.2, 0.25) is 5.91 Å². The van der Waals surface area contributed by atoms with Gasteiger partial charge in [-0.2, -0.15) is 0 Å². The van der Waals surface area contributed by atoms with Gasteiger partial charge in [0, 0.05) is 24.0 Å². The van der Waals surface area contributed by atoms with E-state index >= 15 is 0 Å². The number of hydrogen-bond donors (Lipinski definition) is 1. The molecule has 2 unspecified atom stereocenters. The molecule has 0 aromatic heterocycles. The molecule has 0 aromatic carbocycles. The van der Waals surface area contributed by atoms with Crippen molar-refractivity contribution in [1.29, 1.82) is 0 Å². The number of carbonyl (C=O) groups is 1. The first-order chi connectivity index (χ1) is 7.50. The first kappa shape index (κ1) is 11.9. The van der Waals surface area contributed by atoms with E-state index in [1.54, 1.807) is 0 Å². The van der Waals surface area contributed by atoms with Crippen molar-refractivity contribution in [1.82, 2.24) is 4.90 Å². The zero-order valence-corrected chi connectivity index (χ0v) is 10.5. The molecule has 0 bridgehead atoms. The van der Waals surface area contributed by atoms with E-state index in [0.29, 0.717) is 5.91 Å². The van der Waals surface area contributed by atoms with Gasteiger partial charge in [-0.25, -0.2) is 0 Å². The van der Waals surface area contributed by atoms with Crippen molar-refractivity contribution in [3.8, 4) is 0 Å². The highest BCUT2D eigenvalue weighted by Gasteiger charge is 2.39. The minimum Gasteiger partial charge on any atom is -0.337 e. The van der Waals surface area contributed by atoms with Gasteiger partial charge in [0.15, 0.2) is 0 Å². The summed E-state index contributed by atoms with van der Waals surface area (Å²) in [5.74, 6) is 0.554. The summed E-state index contributed by atoms with van der Waals surface area (Å²) in [5.41, 5.74) is 6.03. The molecule has 3 heteroatoms. The molecule has 1 saturated carbocycles. The van der Waals surface area contributed by atoms with Crippen molar-refractivity contribution in [2.45, 2.75) is 64.0 Å². The third kappa shape index (κ3) is 2.24. The highest BCUT2D eigenvalue weighted by atomic mass is 16.2. The van der Waals surface area contributed by atoms with Crippen LogP contribution in [0, 0.1) is 5.92 Å². The standard InChI is InChI=1S/C13H24N2O/c1-13(2)7-4-8-15(13)12(16)10-5-3-6-11(14)9-10/h10-11H,3-9,14H2,1-2H3. The number of hydrogen-bond acceptors (Lipinski definition) is 2. The van der Waals surface area contributed by atoms with Crippen LogP contribution in [0.25, 0.3) is 0 Å². The first-order valence-electron chi connectivity index (χ1n) is 6.58. The second-order valence-corrected chi connectivity index (χ2v) is 6.03. The third-order valence-corrected chi connectivity index (χ3v) is 4.23. The normalized spacial score (nSPS) is 34.1. The third-order valence-electron chi connectivity index (χ3n) is 4.23. The summed E-state index contributed by atoms with van der Waals surface area (Å²) in [6.45, 7) is 5.30. The number of likely N-dealkylation sites (tertiary alicyclic amines) is 1. The maximum absolute atomic E-state index is 12.4. The van der Waals surface area contributed by atoms with E-state index in [9.17, 15) is 4.79 Å². The number of nitrogens with zero attached hydrogens (tertiary/aromatic N) is 1. The number of carbonyl (C=O) groups excluding carboxylic acids is 1. The lowest BCUT2D eigenvalue weighted by Crippen LogP contribution is -2.47. The summed E-state index contributed by atoms with van der Waals surface area (Å²) in [6, 6.07) is 0.244. The lowest BCUT2D eigenvalue weighted by atomic mass is 9.84. The van der Waals surface area contributed by atoms with Crippen molar-refractivity contribution in [3.63, 3.8) is 0 Å². The molecular weight excluding hydrogens is 200 g/mol. The molecule has 1 aliphatic carbocycles. The Balaban J connectivity index is 2.01. The van der Waals surface area contributed by atoms with Crippen molar-refractivity contribution < 1.29 is 4.79 Å². The average Bonchev–Trinajstić information content (AvgIpc) is 2.57. The molecule has 3 nitrogen and oxygen atoms in total. The van der Waals surface area contributed by atoms with Crippen LogP contribution in [-0.4, -0.2) is 28.9 Å². The van der Waals surface area contributed by atoms with Crippen LogP contribution in [0.5, 0.6) is 0 Å². The van der Waals surface area contributed by atoms with E-state index in [-0.39, 0.29) is 17.5 Å². The molecule has 0 aromatic rings. The lowest BCUT2D eigenvalue weighted by Gasteiger charge is -2.36. The molecule has 2 fully saturated rings. The van der Waals surface area contributed by atoms with Crippen LogP contribution in [0.4, 0.5) is 0 Å². The molecule has 1 saturated heterocycles. The largest absolute Gasteiger partial charge is 0.337 e. The van der Waals surface area contributed by atoms with Gasteiger partial charge in [-0.3, -0.25) is 4.79 Å². The van der Waals surface area contributed by atoms with Crippen molar-refractivity contribution in [3.05, 3.63) is 0 Å². The van der Waals surface area contributed by atoms with Crippen molar-refractivity contribution in [2.24, 2.45) is 11.7 Å². The number of amides is 1. The van der Waals surface area contributed by atoms with Crippen molar-refractivity contribution in [2.75, 3.05) is 6.54 Å². The predicted molar refractivity (Wildman–Crippen MR) is 65.0 cm³/mol. The summed E-state index contributed by atoms with van der Waals surface area (Å²) in [6.07, 6.45) is 6.43. The Hall–Kier alpha value is -0.570. The van der Waals surface area contributed by atoms with Gasteiger partial charge < -0.3 is 10.6 Å². The quantitative estimate of drug-likeness (QED) is 0.739. The molecule has 1 aliphatic heterocycles. The Labute approximate surface area is 98.4 Å². The number of rotatable bonds is 1. The van der Waals surface area contributed by atoms with Gasteiger partial charge in [-0.05, 0) is 46.0 Å². The Morgan fingerprint density at radius 3 is 2.62 bits per heavy atom. The van der Waals surface area contributed by atoms with Gasteiger partial charge in [0.25, 0.3) is 0 Å². The molecule has 2 N–H and O–H groups in total. The highest BCUT2D eigenvalue weighted by Crippen LogP contribution is 2.33. The molecule has 1 amide bonds. The molecule has 1 heterocycles. The fraction of sp³-hybridized carbons (Fsp3) is 0.923. The minimum atomic E-state index is 0.0681. The molecule has 2 rings (SSSR count). The van der Waals surface area contributed by atoms with E-state index in [4.69, 9.17) is 5.73 Å². The van der Waals surface area contributed by atoms with Crippen LogP contribution >= 0.6 is 0 Å². The SMILES string of the molecule is CC1(C)CCCN1C(=O)C1CCCC(N)C1. The summed E-state index contributed by atoms with van der Waals surface area (Å²) < 4.78 is 0. The average molecular weight is 224 g/mol. The maximum Gasteiger partial charge on any atom is 0.226 e. The van der Waals surface area contributed by atoms with Crippen LogP contribution in [0.2, 0.25) is 0 Å². The monoisotopic (exact) mass is 224 g/mol. The fourth-order valence-electron chi connectivity index (χ4n) is 3.19. The Morgan fingerprint density at radius 2 is 2.06 bits per heavy atom. The zero-order valence-electron chi connectivity index (χ0n) is 10.5. The van der Waals surface area contributed by atoms with E-state index in [2.05, 4.69) is 18.7 Å². The fourth-order valence-corrected chi connectivity index (χ4v) is 3.19. The lowest BCUT2D eigenvalue weighted by molar-refractivity contribution is -0.140. The van der Waals surface area contributed by atoms with Crippen LogP contribution in [-0.2, 0) is 4.79 Å². The second-order valence-electron chi connectivity index (χ2n) is 6.03. The molecule has 16 heavy (non-hydrogen) atoms. The van der Waals surface area contributed by atoms with E-state index in [0.717, 1.165) is 45.1 Å². The first-order valence-corrected chi connectivity index (χ1v) is 6.58. The van der Waals surface area contributed by atoms with Crippen LogP contribution < -0.4 is 5.73 Å². The molecule has 2 atom stereocenters. The Kier molecular flexibility index (Phi) is 3.24. The number of nitrogens with two attached hydrogens (primary N) is 1. The summed E-state index contributed by atoms with van der Waals surface area (Å²) in [5, 5.41) is 0. The van der Waals surface area contributed by atoms with Gasteiger partial charge >= 0.3 is 0 Å². The van der Waals surface area contributed by atoms with Gasteiger partial charge in [0.05, 0.1) is 0 Å². The Morgan fingerprint density at radius 1 is 1.31 bits per heavy atom. The van der Waals surface area contributed by atoms with Crippen LogP contribution in [0.3, 0.4) is 0 Å². The van der Waals surface area contributed by atoms with E-state index < -0.39 is 0 Å². The Bertz CT molecular complexity index is 275. The highest BCUT2D eigenvalue weighted by molar-refractivity contribution is 5.80. The molecule has 2 aliphatic rings. The predicted octanol–water partition coefficient (Wildman–Crippen LogP) is 1.90. The van der Waals surface area contributed by atoms with E-state index in [1.165, 1.54) is 0 Å². The summed E-state index contributed by atoms with van der Waals surface area (Å²) in [7, 11) is 0. The topological polar surface area (TPSA) is 46.3 Å². The molecular formula is C13H24N2O. The van der Waals surface area contributed by atoms with Crippen molar-refractivity contribution >= 4 is 5.91 Å². The zero-order chi connectivity index (χ0) is 11.8. The smallest absolute Gasteiger partial charge is 0.226 e. The summed E-state index contributed by atoms with van der Waals surface area (Å²) >= 11 is 0. The maximum atomic E-state index is 12.4. The van der Waals surface area contributed by atoms with Crippen LogP contribution in [0.15, 0.2) is 0 Å². The van der Waals surface area contributed by atoms with Gasteiger partial charge in [-0.1, -0.05) is 6.42 Å². The van der Waals surface area contributed by atoms with Crippen LogP contribution in [0.1, 0.15) is 52.4 Å². The molecule has 0 radical (unpaired) electrons.